The van der Waals surface area contributed by atoms with Gasteiger partial charge in [-0.3, -0.25) is 0 Å². The van der Waals surface area contributed by atoms with E-state index in [0.717, 1.165) is 6.54 Å². The van der Waals surface area contributed by atoms with Crippen LogP contribution in [0.2, 0.25) is 0 Å². The van der Waals surface area contributed by atoms with Gasteiger partial charge in [-0.05, 0) is 23.1 Å². The molecule has 0 aliphatic heterocycles. The van der Waals surface area contributed by atoms with Gasteiger partial charge in [-0.15, -0.1) is 0 Å². The van der Waals surface area contributed by atoms with Crippen LogP contribution in [0, 0.1) is 0 Å². The number of nitrogens with zero attached hydrogens (tertiary/aromatic N) is 1. The number of fused-ring (bicyclic) bond motifs is 1. The highest BCUT2D eigenvalue weighted by atomic mass is 16.3. The number of hydrogen-bond donors (Lipinski definition) is 1. The smallest absolute Gasteiger partial charge is 0.0516 e. The van der Waals surface area contributed by atoms with Crippen molar-refractivity contribution in [3.63, 3.8) is 0 Å². The molecule has 0 bridgehead atoms. The minimum absolute atomic E-state index is 0.136. The summed E-state index contributed by atoms with van der Waals surface area (Å²) in [7, 11) is 0. The van der Waals surface area contributed by atoms with Crippen LogP contribution in [0.5, 0.6) is 0 Å². The molecule has 96 valence electrons. The minimum Gasteiger partial charge on any atom is -0.396 e. The second-order valence-corrected chi connectivity index (χ2v) is 4.82. The summed E-state index contributed by atoms with van der Waals surface area (Å²) >= 11 is 0. The standard InChI is InChI=1S/C17H17NO/c19-13-16(14-6-2-1-3-7-14)12-18-11-10-15-8-4-5-9-17(15)18/h1-11,16,19H,12-13H2. The van der Waals surface area contributed by atoms with Gasteiger partial charge in [-0.2, -0.15) is 0 Å². The summed E-state index contributed by atoms with van der Waals surface area (Å²) in [6.45, 7) is 0.963. The lowest BCUT2D eigenvalue weighted by Crippen LogP contribution is -2.12. The molecule has 1 N–H and O–H groups in total. The van der Waals surface area contributed by atoms with Gasteiger partial charge in [0.1, 0.15) is 0 Å². The molecule has 3 rings (SSSR count). The van der Waals surface area contributed by atoms with Crippen LogP contribution in [-0.2, 0) is 6.54 Å². The molecule has 1 atom stereocenters. The number of aromatic nitrogens is 1. The Morgan fingerprint density at radius 1 is 0.895 bits per heavy atom. The molecular formula is C17H17NO. The van der Waals surface area contributed by atoms with E-state index in [1.165, 1.54) is 16.5 Å². The average molecular weight is 251 g/mol. The Kier molecular flexibility index (Phi) is 3.34. The summed E-state index contributed by atoms with van der Waals surface area (Å²) in [4.78, 5) is 0. The molecule has 0 spiro atoms. The third-order valence-electron chi connectivity index (χ3n) is 3.59. The maximum atomic E-state index is 9.64. The van der Waals surface area contributed by atoms with Gasteiger partial charge in [0.15, 0.2) is 0 Å². The first-order valence-electron chi connectivity index (χ1n) is 6.58. The van der Waals surface area contributed by atoms with E-state index in [4.69, 9.17) is 0 Å². The van der Waals surface area contributed by atoms with Gasteiger partial charge < -0.3 is 9.67 Å². The second-order valence-electron chi connectivity index (χ2n) is 4.82. The Hall–Kier alpha value is -2.06. The number of benzene rings is 2. The fourth-order valence-electron chi connectivity index (χ4n) is 2.53. The number of aliphatic hydroxyl groups excluding tert-OH is 1. The molecule has 1 heterocycles. The van der Waals surface area contributed by atoms with Crippen molar-refractivity contribution in [1.29, 1.82) is 0 Å². The molecular weight excluding hydrogens is 234 g/mol. The summed E-state index contributed by atoms with van der Waals surface area (Å²) in [5.41, 5.74) is 2.40. The summed E-state index contributed by atoms with van der Waals surface area (Å²) in [5, 5.41) is 10.9. The summed E-state index contributed by atoms with van der Waals surface area (Å²) < 4.78 is 2.21. The highest BCUT2D eigenvalue weighted by Crippen LogP contribution is 2.21. The van der Waals surface area contributed by atoms with Crippen LogP contribution < -0.4 is 0 Å². The average Bonchev–Trinajstić information content (AvgIpc) is 2.89. The highest BCUT2D eigenvalue weighted by Gasteiger charge is 2.11. The van der Waals surface area contributed by atoms with Gasteiger partial charge in [0.05, 0.1) is 6.61 Å². The second kappa shape index (κ2) is 5.29. The van der Waals surface area contributed by atoms with Crippen molar-refractivity contribution in [2.45, 2.75) is 12.5 Å². The van der Waals surface area contributed by atoms with E-state index in [-0.39, 0.29) is 12.5 Å². The first kappa shape index (κ1) is 12.0. The van der Waals surface area contributed by atoms with E-state index < -0.39 is 0 Å². The lowest BCUT2D eigenvalue weighted by atomic mass is 10.00. The number of rotatable bonds is 4. The third kappa shape index (κ3) is 2.40. The van der Waals surface area contributed by atoms with Crippen LogP contribution in [0.3, 0.4) is 0 Å². The van der Waals surface area contributed by atoms with Crippen LogP contribution in [0.25, 0.3) is 10.9 Å². The lowest BCUT2D eigenvalue weighted by Gasteiger charge is -2.16. The molecule has 1 aromatic heterocycles. The third-order valence-corrected chi connectivity index (χ3v) is 3.59. The van der Waals surface area contributed by atoms with Crippen molar-refractivity contribution >= 4 is 10.9 Å². The van der Waals surface area contributed by atoms with Crippen LogP contribution in [0.4, 0.5) is 0 Å². The normalized spacial score (nSPS) is 12.7. The van der Waals surface area contributed by atoms with E-state index in [9.17, 15) is 5.11 Å². The largest absolute Gasteiger partial charge is 0.396 e. The SMILES string of the molecule is OCC(Cn1ccc2ccccc21)c1ccccc1. The van der Waals surface area contributed by atoms with Crippen molar-refractivity contribution in [1.82, 2.24) is 4.57 Å². The molecule has 0 amide bonds. The van der Waals surface area contributed by atoms with E-state index in [1.54, 1.807) is 0 Å². The highest BCUT2D eigenvalue weighted by molar-refractivity contribution is 5.79. The van der Waals surface area contributed by atoms with Gasteiger partial charge in [-0.25, -0.2) is 0 Å². The maximum Gasteiger partial charge on any atom is 0.0516 e. The molecule has 0 aliphatic rings. The van der Waals surface area contributed by atoms with Crippen molar-refractivity contribution < 1.29 is 5.11 Å². The molecule has 2 nitrogen and oxygen atoms in total. The summed E-state index contributed by atoms with van der Waals surface area (Å²) in [5.74, 6) is 0.136. The van der Waals surface area contributed by atoms with Crippen molar-refractivity contribution in [2.75, 3.05) is 6.61 Å². The molecule has 0 fully saturated rings. The molecule has 0 saturated heterocycles. The van der Waals surface area contributed by atoms with Crippen molar-refractivity contribution in [3.8, 4) is 0 Å². The van der Waals surface area contributed by atoms with Crippen LogP contribution >= 0.6 is 0 Å². The van der Waals surface area contributed by atoms with Crippen molar-refractivity contribution in [2.24, 2.45) is 0 Å². The number of hydrogen-bond acceptors (Lipinski definition) is 1. The van der Waals surface area contributed by atoms with Gasteiger partial charge >= 0.3 is 0 Å². The monoisotopic (exact) mass is 251 g/mol. The van der Waals surface area contributed by atoms with Crippen LogP contribution in [0.1, 0.15) is 11.5 Å². The summed E-state index contributed by atoms with van der Waals surface area (Å²) in [6, 6.07) is 20.6. The molecule has 0 radical (unpaired) electrons. The molecule has 1 unspecified atom stereocenters. The zero-order valence-corrected chi connectivity index (χ0v) is 10.7. The van der Waals surface area contributed by atoms with Crippen LogP contribution in [0.15, 0.2) is 66.9 Å². The summed E-state index contributed by atoms with van der Waals surface area (Å²) in [6.07, 6.45) is 2.09. The quantitative estimate of drug-likeness (QED) is 0.755. The molecule has 2 heteroatoms. The van der Waals surface area contributed by atoms with Gasteiger partial charge in [0.25, 0.3) is 0 Å². The Morgan fingerprint density at radius 2 is 1.63 bits per heavy atom. The lowest BCUT2D eigenvalue weighted by molar-refractivity contribution is 0.254. The van der Waals surface area contributed by atoms with Gasteiger partial charge in [0, 0.05) is 24.2 Å². The fraction of sp³-hybridized carbons (Fsp3) is 0.176. The Labute approximate surface area is 112 Å². The Balaban J connectivity index is 1.91. The zero-order valence-electron chi connectivity index (χ0n) is 10.7. The number of aliphatic hydroxyl groups is 1. The maximum absolute atomic E-state index is 9.64. The van der Waals surface area contributed by atoms with Gasteiger partial charge in [0.2, 0.25) is 0 Å². The first-order valence-corrected chi connectivity index (χ1v) is 6.58. The van der Waals surface area contributed by atoms with Crippen molar-refractivity contribution in [3.05, 3.63) is 72.4 Å². The number of para-hydroxylation sites is 1. The fourth-order valence-corrected chi connectivity index (χ4v) is 2.53. The molecule has 2 aromatic carbocycles. The molecule has 0 saturated carbocycles. The molecule has 19 heavy (non-hydrogen) atoms. The topological polar surface area (TPSA) is 25.2 Å². The van der Waals surface area contributed by atoms with E-state index in [2.05, 4.69) is 47.2 Å². The van der Waals surface area contributed by atoms with Gasteiger partial charge in [-0.1, -0.05) is 48.5 Å². The van der Waals surface area contributed by atoms with E-state index >= 15 is 0 Å². The zero-order chi connectivity index (χ0) is 13.1. The predicted molar refractivity (Wildman–Crippen MR) is 78.2 cm³/mol. The first-order chi connectivity index (χ1) is 9.38. The van der Waals surface area contributed by atoms with E-state index in [0.29, 0.717) is 0 Å². The predicted octanol–water partition coefficient (Wildman–Crippen LogP) is 3.42. The Morgan fingerprint density at radius 3 is 2.42 bits per heavy atom. The van der Waals surface area contributed by atoms with Crippen LogP contribution in [-0.4, -0.2) is 16.3 Å². The minimum atomic E-state index is 0.136. The Bertz CT molecular complexity index is 657. The molecule has 0 aliphatic carbocycles. The molecule has 3 aromatic rings. The van der Waals surface area contributed by atoms with E-state index in [1.807, 2.05) is 24.3 Å².